The van der Waals surface area contributed by atoms with Crippen molar-refractivity contribution in [1.29, 1.82) is 0 Å². The zero-order chi connectivity index (χ0) is 12.1. The van der Waals surface area contributed by atoms with Crippen molar-refractivity contribution in [2.24, 2.45) is 15.2 Å². The van der Waals surface area contributed by atoms with Gasteiger partial charge in [0.25, 0.3) is 0 Å². The summed E-state index contributed by atoms with van der Waals surface area (Å²) in [6.07, 6.45) is 0.693. The SMILES string of the molecule is [N-]=[N+]=NCC1=Nc2ccc(CN=[N+]=[N-])cc2C1. The standard InChI is InChI=1S/C10H9N7/c11-16-13-5-7-1-2-10-8(3-7)4-9(15-10)6-14-17-12/h1-3H,4-6H2. The van der Waals surface area contributed by atoms with E-state index < -0.39 is 0 Å². The molecule has 0 amide bonds. The van der Waals surface area contributed by atoms with Crippen molar-refractivity contribution < 1.29 is 0 Å². The highest BCUT2D eigenvalue weighted by Gasteiger charge is 2.13. The fourth-order valence-electron chi connectivity index (χ4n) is 1.74. The molecule has 0 bridgehead atoms. The van der Waals surface area contributed by atoms with Gasteiger partial charge in [-0.25, -0.2) is 0 Å². The first kappa shape index (κ1) is 11.0. The predicted octanol–water partition coefficient (Wildman–Crippen LogP) is 3.44. The van der Waals surface area contributed by atoms with Gasteiger partial charge in [-0.1, -0.05) is 22.4 Å². The molecule has 0 unspecified atom stereocenters. The van der Waals surface area contributed by atoms with Crippen LogP contribution in [0.4, 0.5) is 5.69 Å². The number of benzene rings is 1. The Bertz CT molecular complexity index is 562. The monoisotopic (exact) mass is 227 g/mol. The highest BCUT2D eigenvalue weighted by Crippen LogP contribution is 2.27. The van der Waals surface area contributed by atoms with E-state index in [1.54, 1.807) is 0 Å². The van der Waals surface area contributed by atoms with Crippen molar-refractivity contribution in [1.82, 2.24) is 0 Å². The number of azide groups is 2. The minimum absolute atomic E-state index is 0.302. The molecule has 0 aliphatic carbocycles. The van der Waals surface area contributed by atoms with Crippen LogP contribution in [0, 0.1) is 0 Å². The van der Waals surface area contributed by atoms with Gasteiger partial charge in [-0.05, 0) is 28.3 Å². The topological polar surface area (TPSA) is 110 Å². The van der Waals surface area contributed by atoms with Crippen LogP contribution in [-0.2, 0) is 13.0 Å². The van der Waals surface area contributed by atoms with Gasteiger partial charge in [-0.2, -0.15) is 0 Å². The van der Waals surface area contributed by atoms with Crippen molar-refractivity contribution in [2.45, 2.75) is 13.0 Å². The van der Waals surface area contributed by atoms with E-state index in [0.29, 0.717) is 19.5 Å². The molecule has 7 nitrogen and oxygen atoms in total. The summed E-state index contributed by atoms with van der Waals surface area (Å²) in [5.41, 5.74) is 20.3. The molecule has 0 saturated heterocycles. The lowest BCUT2D eigenvalue weighted by Gasteiger charge is -2.00. The van der Waals surface area contributed by atoms with Gasteiger partial charge in [-0.15, -0.1) is 0 Å². The molecule has 0 fully saturated rings. The summed E-state index contributed by atoms with van der Waals surface area (Å²) in [5, 5.41) is 7.00. The van der Waals surface area contributed by atoms with E-state index in [1.807, 2.05) is 18.2 Å². The Labute approximate surface area is 97.0 Å². The molecule has 1 heterocycles. The first-order valence-electron chi connectivity index (χ1n) is 5.03. The first-order chi connectivity index (χ1) is 8.33. The number of fused-ring (bicyclic) bond motifs is 1. The minimum atomic E-state index is 0.302. The lowest BCUT2D eigenvalue weighted by molar-refractivity contribution is 1.04. The Morgan fingerprint density at radius 2 is 1.94 bits per heavy atom. The van der Waals surface area contributed by atoms with Crippen LogP contribution in [0.25, 0.3) is 20.9 Å². The number of hydrogen-bond acceptors (Lipinski definition) is 3. The van der Waals surface area contributed by atoms with Crippen LogP contribution >= 0.6 is 0 Å². The van der Waals surface area contributed by atoms with Crippen LogP contribution in [0.1, 0.15) is 11.1 Å². The summed E-state index contributed by atoms with van der Waals surface area (Å²) >= 11 is 0. The summed E-state index contributed by atoms with van der Waals surface area (Å²) in [4.78, 5) is 9.79. The van der Waals surface area contributed by atoms with Crippen LogP contribution in [0.3, 0.4) is 0 Å². The molecule has 0 N–H and O–H groups in total. The van der Waals surface area contributed by atoms with Crippen molar-refractivity contribution in [3.63, 3.8) is 0 Å². The molecule has 0 spiro atoms. The maximum atomic E-state index is 8.25. The molecule has 0 radical (unpaired) electrons. The Morgan fingerprint density at radius 3 is 2.71 bits per heavy atom. The van der Waals surface area contributed by atoms with E-state index in [1.165, 1.54) is 0 Å². The van der Waals surface area contributed by atoms with Gasteiger partial charge in [0.2, 0.25) is 0 Å². The first-order valence-corrected chi connectivity index (χ1v) is 5.03. The largest absolute Gasteiger partial charge is 0.257 e. The Morgan fingerprint density at radius 1 is 1.18 bits per heavy atom. The fraction of sp³-hybridized carbons (Fsp3) is 0.300. The van der Waals surface area contributed by atoms with Crippen molar-refractivity contribution in [2.75, 3.05) is 6.54 Å². The van der Waals surface area contributed by atoms with Gasteiger partial charge in [-0.3, -0.25) is 4.99 Å². The second-order valence-electron chi connectivity index (χ2n) is 3.60. The van der Waals surface area contributed by atoms with Gasteiger partial charge in [0.1, 0.15) is 0 Å². The highest BCUT2D eigenvalue weighted by molar-refractivity contribution is 5.95. The third-order valence-electron chi connectivity index (χ3n) is 2.45. The quantitative estimate of drug-likeness (QED) is 0.426. The second-order valence-corrected chi connectivity index (χ2v) is 3.60. The maximum Gasteiger partial charge on any atom is 0.0665 e. The van der Waals surface area contributed by atoms with Gasteiger partial charge < -0.3 is 0 Å². The van der Waals surface area contributed by atoms with Crippen molar-refractivity contribution in [3.05, 3.63) is 50.2 Å². The number of hydrogen-bond donors (Lipinski definition) is 0. The highest BCUT2D eigenvalue weighted by atomic mass is 15.1. The van der Waals surface area contributed by atoms with E-state index in [-0.39, 0.29) is 0 Å². The van der Waals surface area contributed by atoms with E-state index in [2.05, 4.69) is 25.0 Å². The van der Waals surface area contributed by atoms with Crippen LogP contribution in [0.2, 0.25) is 0 Å². The average molecular weight is 227 g/mol. The second kappa shape index (κ2) is 5.03. The zero-order valence-corrected chi connectivity index (χ0v) is 8.98. The van der Waals surface area contributed by atoms with E-state index in [4.69, 9.17) is 11.1 Å². The molecule has 0 atom stereocenters. The third-order valence-corrected chi connectivity index (χ3v) is 2.45. The molecule has 0 saturated carbocycles. The maximum absolute atomic E-state index is 8.25. The van der Waals surface area contributed by atoms with E-state index >= 15 is 0 Å². The Hall–Kier alpha value is -2.49. The fourth-order valence-corrected chi connectivity index (χ4v) is 1.74. The summed E-state index contributed by atoms with van der Waals surface area (Å²) < 4.78 is 0. The molecule has 84 valence electrons. The molecule has 7 heteroatoms. The normalized spacial score (nSPS) is 12.1. The van der Waals surface area contributed by atoms with E-state index in [9.17, 15) is 0 Å². The molecule has 1 aliphatic heterocycles. The van der Waals surface area contributed by atoms with Gasteiger partial charge >= 0.3 is 0 Å². The van der Waals surface area contributed by atoms with Crippen LogP contribution in [0.15, 0.2) is 33.4 Å². The van der Waals surface area contributed by atoms with Gasteiger partial charge in [0.05, 0.1) is 18.8 Å². The molecule has 1 aliphatic rings. The van der Waals surface area contributed by atoms with Crippen LogP contribution in [0.5, 0.6) is 0 Å². The van der Waals surface area contributed by atoms with Gasteiger partial charge in [0, 0.05) is 22.0 Å². The summed E-state index contributed by atoms with van der Waals surface area (Å²) in [6, 6.07) is 5.74. The minimum Gasteiger partial charge on any atom is -0.257 e. The lowest BCUT2D eigenvalue weighted by Crippen LogP contribution is -2.01. The van der Waals surface area contributed by atoms with Crippen molar-refractivity contribution in [3.8, 4) is 0 Å². The summed E-state index contributed by atoms with van der Waals surface area (Å²) in [7, 11) is 0. The molecule has 1 aromatic carbocycles. The number of aliphatic imine (C=N–C) groups is 1. The number of rotatable bonds is 4. The van der Waals surface area contributed by atoms with Gasteiger partial charge in [0.15, 0.2) is 0 Å². The molecular formula is C10H9N7. The van der Waals surface area contributed by atoms with Crippen LogP contribution in [-0.4, -0.2) is 12.3 Å². The average Bonchev–Trinajstić information content (AvgIpc) is 2.75. The Kier molecular flexibility index (Phi) is 3.25. The smallest absolute Gasteiger partial charge is 0.0665 e. The van der Waals surface area contributed by atoms with E-state index in [0.717, 1.165) is 22.5 Å². The summed E-state index contributed by atoms with van der Waals surface area (Å²) in [5.74, 6) is 0. The zero-order valence-electron chi connectivity index (χ0n) is 8.98. The predicted molar refractivity (Wildman–Crippen MR) is 64.1 cm³/mol. The molecule has 1 aromatic rings. The molecule has 17 heavy (non-hydrogen) atoms. The molecular weight excluding hydrogens is 218 g/mol. The summed E-state index contributed by atoms with van der Waals surface area (Å²) in [6.45, 7) is 0.645. The lowest BCUT2D eigenvalue weighted by atomic mass is 10.1. The number of nitrogens with zero attached hydrogens (tertiary/aromatic N) is 7. The van der Waals surface area contributed by atoms with Crippen molar-refractivity contribution >= 4 is 11.4 Å². The molecule has 2 rings (SSSR count). The Balaban J connectivity index is 2.15. The molecule has 0 aromatic heterocycles. The van der Waals surface area contributed by atoms with Crippen LogP contribution < -0.4 is 0 Å². The third kappa shape index (κ3) is 2.55.